The van der Waals surface area contributed by atoms with E-state index < -0.39 is 0 Å². The first-order valence-corrected chi connectivity index (χ1v) is 6.83. The van der Waals surface area contributed by atoms with Gasteiger partial charge >= 0.3 is 0 Å². The summed E-state index contributed by atoms with van der Waals surface area (Å²) in [5.74, 6) is 0.994. The lowest BCUT2D eigenvalue weighted by Crippen LogP contribution is -2.14. The third-order valence-corrected chi connectivity index (χ3v) is 3.17. The Kier molecular flexibility index (Phi) is 5.62. The van der Waals surface area contributed by atoms with E-state index in [0.29, 0.717) is 6.10 Å². The molecule has 0 radical (unpaired) electrons. The van der Waals surface area contributed by atoms with Crippen LogP contribution < -0.4 is 4.74 Å². The van der Waals surface area contributed by atoms with Crippen LogP contribution in [-0.4, -0.2) is 12.4 Å². The fraction of sp³-hybridized carbons (Fsp3) is 0.538. The number of benzene rings is 1. The monoisotopic (exact) mass is 224 g/mol. The lowest BCUT2D eigenvalue weighted by Gasteiger charge is -2.16. The first-order valence-electron chi connectivity index (χ1n) is 5.60. The third kappa shape index (κ3) is 4.17. The molecule has 1 nitrogen and oxygen atoms in total. The molecule has 1 unspecified atom stereocenters. The normalized spacial score (nSPS) is 12.5. The number of rotatable bonds is 6. The van der Waals surface area contributed by atoms with E-state index >= 15 is 0 Å². The molecular weight excluding hydrogens is 204 g/mol. The minimum absolute atomic E-state index is 0.370. The quantitative estimate of drug-likeness (QED) is 0.664. The molecule has 0 bridgehead atoms. The molecule has 1 atom stereocenters. The van der Waals surface area contributed by atoms with Crippen LogP contribution in [0.4, 0.5) is 0 Å². The molecule has 1 rings (SSSR count). The summed E-state index contributed by atoms with van der Waals surface area (Å²) in [4.78, 5) is 1.28. The van der Waals surface area contributed by atoms with E-state index in [1.165, 1.54) is 11.3 Å². The van der Waals surface area contributed by atoms with Crippen molar-refractivity contribution in [2.45, 2.75) is 44.1 Å². The Morgan fingerprint density at radius 1 is 1.20 bits per heavy atom. The molecule has 0 aliphatic carbocycles. The van der Waals surface area contributed by atoms with Crippen molar-refractivity contribution in [3.63, 3.8) is 0 Å². The van der Waals surface area contributed by atoms with Crippen LogP contribution in [0.5, 0.6) is 5.75 Å². The van der Waals surface area contributed by atoms with Crippen LogP contribution in [0.15, 0.2) is 29.2 Å². The Bertz CT molecular complexity index is 268. The van der Waals surface area contributed by atoms with E-state index in [-0.39, 0.29) is 0 Å². The Hall–Kier alpha value is -0.630. The highest BCUT2D eigenvalue weighted by Crippen LogP contribution is 2.21. The third-order valence-electron chi connectivity index (χ3n) is 2.43. The minimum atomic E-state index is 0.370. The fourth-order valence-electron chi connectivity index (χ4n) is 1.52. The zero-order chi connectivity index (χ0) is 11.1. The largest absolute Gasteiger partial charge is 0.490 e. The van der Waals surface area contributed by atoms with Gasteiger partial charge in [-0.1, -0.05) is 20.3 Å². The summed E-state index contributed by atoms with van der Waals surface area (Å²) in [5.41, 5.74) is 0. The lowest BCUT2D eigenvalue weighted by atomic mass is 10.1. The van der Waals surface area contributed by atoms with Crippen molar-refractivity contribution in [2.75, 3.05) is 6.26 Å². The van der Waals surface area contributed by atoms with Gasteiger partial charge < -0.3 is 4.74 Å². The molecule has 2 heteroatoms. The van der Waals surface area contributed by atoms with E-state index in [4.69, 9.17) is 4.74 Å². The van der Waals surface area contributed by atoms with Crippen LogP contribution in [0.3, 0.4) is 0 Å². The molecule has 15 heavy (non-hydrogen) atoms. The van der Waals surface area contributed by atoms with Crippen molar-refractivity contribution in [3.05, 3.63) is 24.3 Å². The highest BCUT2D eigenvalue weighted by molar-refractivity contribution is 7.98. The molecular formula is C13H20OS. The van der Waals surface area contributed by atoms with Crippen molar-refractivity contribution >= 4 is 11.8 Å². The average Bonchev–Trinajstić information content (AvgIpc) is 2.29. The first-order chi connectivity index (χ1) is 7.30. The van der Waals surface area contributed by atoms with Gasteiger partial charge in [0.25, 0.3) is 0 Å². The van der Waals surface area contributed by atoms with Crippen molar-refractivity contribution in [3.8, 4) is 5.75 Å². The number of ether oxygens (including phenoxy) is 1. The Morgan fingerprint density at radius 3 is 2.33 bits per heavy atom. The van der Waals surface area contributed by atoms with Gasteiger partial charge in [0.1, 0.15) is 5.75 Å². The van der Waals surface area contributed by atoms with Crippen LogP contribution in [0.1, 0.15) is 33.1 Å². The number of hydrogen-bond acceptors (Lipinski definition) is 2. The second-order valence-electron chi connectivity index (χ2n) is 3.61. The van der Waals surface area contributed by atoms with Gasteiger partial charge in [0.05, 0.1) is 6.10 Å². The Morgan fingerprint density at radius 2 is 1.87 bits per heavy atom. The number of thioether (sulfide) groups is 1. The summed E-state index contributed by atoms with van der Waals surface area (Å²) in [7, 11) is 0. The summed E-state index contributed by atoms with van der Waals surface area (Å²) in [6.45, 7) is 4.37. The molecule has 0 aliphatic rings. The topological polar surface area (TPSA) is 9.23 Å². The van der Waals surface area contributed by atoms with Gasteiger partial charge in [0, 0.05) is 4.90 Å². The molecule has 84 valence electrons. The van der Waals surface area contributed by atoms with E-state index in [2.05, 4.69) is 44.4 Å². The standard InChI is InChI=1S/C13H20OS/c1-4-6-11(5-2)14-12-7-9-13(15-3)10-8-12/h7-11H,4-6H2,1-3H3. The smallest absolute Gasteiger partial charge is 0.119 e. The van der Waals surface area contributed by atoms with Gasteiger partial charge in [-0.05, 0) is 43.4 Å². The summed E-state index contributed by atoms with van der Waals surface area (Å²) in [6.07, 6.45) is 5.86. The molecule has 0 saturated heterocycles. The second-order valence-corrected chi connectivity index (χ2v) is 4.49. The summed E-state index contributed by atoms with van der Waals surface area (Å²) >= 11 is 1.76. The molecule has 0 heterocycles. The Labute approximate surface area is 97.2 Å². The highest BCUT2D eigenvalue weighted by Gasteiger charge is 2.06. The molecule has 0 aliphatic heterocycles. The zero-order valence-electron chi connectivity index (χ0n) is 9.82. The lowest BCUT2D eigenvalue weighted by molar-refractivity contribution is 0.185. The summed E-state index contributed by atoms with van der Waals surface area (Å²) in [5, 5.41) is 0. The van der Waals surface area contributed by atoms with E-state index in [1.807, 2.05) is 0 Å². The Balaban J connectivity index is 2.55. The van der Waals surface area contributed by atoms with Crippen LogP contribution in [0.2, 0.25) is 0 Å². The maximum absolute atomic E-state index is 5.89. The summed E-state index contributed by atoms with van der Waals surface area (Å²) in [6, 6.07) is 8.34. The highest BCUT2D eigenvalue weighted by atomic mass is 32.2. The van der Waals surface area contributed by atoms with Gasteiger partial charge in [-0.15, -0.1) is 11.8 Å². The predicted octanol–water partition coefficient (Wildman–Crippen LogP) is 4.37. The zero-order valence-corrected chi connectivity index (χ0v) is 10.6. The molecule has 0 amide bonds. The minimum Gasteiger partial charge on any atom is -0.490 e. The molecule has 0 N–H and O–H groups in total. The van der Waals surface area contributed by atoms with Crippen LogP contribution >= 0.6 is 11.8 Å². The van der Waals surface area contributed by atoms with Crippen molar-refractivity contribution in [2.24, 2.45) is 0 Å². The van der Waals surface area contributed by atoms with Crippen LogP contribution in [-0.2, 0) is 0 Å². The first kappa shape index (κ1) is 12.4. The molecule has 0 fully saturated rings. The van der Waals surface area contributed by atoms with Gasteiger partial charge in [0.2, 0.25) is 0 Å². The maximum atomic E-state index is 5.89. The molecule has 0 aromatic heterocycles. The van der Waals surface area contributed by atoms with Gasteiger partial charge in [-0.25, -0.2) is 0 Å². The molecule has 0 saturated carbocycles. The number of hydrogen-bond donors (Lipinski definition) is 0. The van der Waals surface area contributed by atoms with Crippen molar-refractivity contribution < 1.29 is 4.74 Å². The fourth-order valence-corrected chi connectivity index (χ4v) is 1.92. The molecule has 1 aromatic carbocycles. The summed E-state index contributed by atoms with van der Waals surface area (Å²) < 4.78 is 5.89. The second kappa shape index (κ2) is 6.78. The maximum Gasteiger partial charge on any atom is 0.119 e. The van der Waals surface area contributed by atoms with E-state index in [9.17, 15) is 0 Å². The molecule has 0 spiro atoms. The predicted molar refractivity (Wildman–Crippen MR) is 67.8 cm³/mol. The van der Waals surface area contributed by atoms with E-state index in [1.54, 1.807) is 11.8 Å². The van der Waals surface area contributed by atoms with E-state index in [0.717, 1.165) is 18.6 Å². The van der Waals surface area contributed by atoms with Crippen molar-refractivity contribution in [1.82, 2.24) is 0 Å². The van der Waals surface area contributed by atoms with Gasteiger partial charge in [-0.2, -0.15) is 0 Å². The van der Waals surface area contributed by atoms with Crippen LogP contribution in [0.25, 0.3) is 0 Å². The SMILES string of the molecule is CCCC(CC)Oc1ccc(SC)cc1. The van der Waals surface area contributed by atoms with Crippen LogP contribution in [0, 0.1) is 0 Å². The van der Waals surface area contributed by atoms with Gasteiger partial charge in [0.15, 0.2) is 0 Å². The average molecular weight is 224 g/mol. The van der Waals surface area contributed by atoms with Crippen molar-refractivity contribution in [1.29, 1.82) is 0 Å². The molecule has 1 aromatic rings. The van der Waals surface area contributed by atoms with Gasteiger partial charge in [-0.3, -0.25) is 0 Å².